The number of amides is 2. The van der Waals surface area contributed by atoms with Crippen LogP contribution in [0.2, 0.25) is 0 Å². The van der Waals surface area contributed by atoms with Gasteiger partial charge in [0.2, 0.25) is 0 Å². The fourth-order valence-corrected chi connectivity index (χ4v) is 5.72. The number of allylic oxidation sites excluding steroid dienone is 1. The molecule has 1 aliphatic rings. The molecule has 0 fully saturated rings. The smallest absolute Gasteiger partial charge is 0.323 e. The summed E-state index contributed by atoms with van der Waals surface area (Å²) in [6, 6.07) is 12.7. The van der Waals surface area contributed by atoms with E-state index in [0.29, 0.717) is 29.3 Å². The van der Waals surface area contributed by atoms with E-state index in [-0.39, 0.29) is 28.8 Å². The molecule has 2 aromatic carbocycles. The lowest BCUT2D eigenvalue weighted by atomic mass is 10.1. The lowest BCUT2D eigenvalue weighted by molar-refractivity contribution is 0.101. The van der Waals surface area contributed by atoms with E-state index in [1.165, 1.54) is 81.6 Å². The van der Waals surface area contributed by atoms with Gasteiger partial charge < -0.3 is 20.3 Å². The molecule has 0 aromatic heterocycles. The molecule has 0 aliphatic carbocycles. The summed E-state index contributed by atoms with van der Waals surface area (Å²) < 4.78 is 5.95. The first-order valence-corrected chi connectivity index (χ1v) is 16.4. The average molecular weight is 661 g/mol. The fraction of sp³-hybridized carbons (Fsp3) is 0.529. The van der Waals surface area contributed by atoms with Gasteiger partial charge >= 0.3 is 6.03 Å². The maximum absolute atomic E-state index is 12.6. The van der Waals surface area contributed by atoms with Crippen LogP contribution in [-0.2, 0) is 6.54 Å². The number of rotatable bonds is 19. The Kier molecular flexibility index (Phi) is 17.4. The highest BCUT2D eigenvalue weighted by molar-refractivity contribution is 8.93. The van der Waals surface area contributed by atoms with E-state index in [0.717, 1.165) is 25.3 Å². The van der Waals surface area contributed by atoms with E-state index in [2.05, 4.69) is 35.6 Å². The van der Waals surface area contributed by atoms with Crippen LogP contribution in [0.1, 0.15) is 114 Å². The Hall–Kier alpha value is -2.45. The number of thioether (sulfide) groups is 1. The van der Waals surface area contributed by atoms with Gasteiger partial charge in [-0.15, -0.1) is 28.7 Å². The first kappa shape index (κ1) is 35.7. The molecule has 2 amide bonds. The molecule has 2 aromatic rings. The Morgan fingerprint density at radius 3 is 1.98 bits per heavy atom. The van der Waals surface area contributed by atoms with Crippen LogP contribution in [0.4, 0.5) is 16.2 Å². The van der Waals surface area contributed by atoms with E-state index in [9.17, 15) is 9.59 Å². The van der Waals surface area contributed by atoms with Crippen LogP contribution in [0, 0.1) is 0 Å². The molecule has 0 spiro atoms. The molecule has 1 heterocycles. The number of benzene rings is 2. The number of carbonyl (C=O) groups is 2. The molecule has 0 saturated carbocycles. The van der Waals surface area contributed by atoms with Crippen LogP contribution in [-0.4, -0.2) is 29.2 Å². The summed E-state index contributed by atoms with van der Waals surface area (Å²) in [7, 11) is 0. The Morgan fingerprint density at radius 1 is 0.833 bits per heavy atom. The number of unbranched alkanes of at least 4 members (excludes halogenated alkanes) is 11. The van der Waals surface area contributed by atoms with E-state index >= 15 is 0 Å². The molecule has 1 aliphatic heterocycles. The lowest BCUT2D eigenvalue weighted by Crippen LogP contribution is -2.19. The molecule has 0 atom stereocenters. The lowest BCUT2D eigenvalue weighted by Gasteiger charge is -2.15. The summed E-state index contributed by atoms with van der Waals surface area (Å²) in [4.78, 5) is 28.5. The monoisotopic (exact) mass is 659 g/mol. The van der Waals surface area contributed by atoms with Gasteiger partial charge in [-0.25, -0.2) is 4.79 Å². The van der Waals surface area contributed by atoms with Crippen LogP contribution in [0.5, 0.6) is 5.75 Å². The largest absolute Gasteiger partial charge is 0.493 e. The number of Topliss-reactive ketones (excluding diaryl/α,β-unsaturated/α-hetero) is 1. The zero-order valence-electron chi connectivity index (χ0n) is 25.7. The van der Waals surface area contributed by atoms with Gasteiger partial charge in [0.05, 0.1) is 18.0 Å². The van der Waals surface area contributed by atoms with Gasteiger partial charge in [0.15, 0.2) is 5.78 Å². The maximum atomic E-state index is 12.6. The van der Waals surface area contributed by atoms with Crippen LogP contribution in [0.15, 0.2) is 53.6 Å². The Bertz CT molecular complexity index is 1120. The number of hydrogen-bond acceptors (Lipinski definition) is 5. The summed E-state index contributed by atoms with van der Waals surface area (Å²) in [5, 5.41) is 5.70. The van der Waals surface area contributed by atoms with Crippen molar-refractivity contribution in [2.45, 2.75) is 104 Å². The van der Waals surface area contributed by atoms with E-state index in [1.54, 1.807) is 18.2 Å². The van der Waals surface area contributed by atoms with Crippen molar-refractivity contribution in [3.8, 4) is 5.75 Å². The summed E-state index contributed by atoms with van der Waals surface area (Å²) in [6.45, 7) is 7.34. The van der Waals surface area contributed by atoms with Crippen LogP contribution >= 0.6 is 28.7 Å². The van der Waals surface area contributed by atoms with Crippen LogP contribution < -0.4 is 15.4 Å². The molecule has 2 N–H and O–H groups in total. The van der Waals surface area contributed by atoms with Gasteiger partial charge in [0.1, 0.15) is 5.75 Å². The van der Waals surface area contributed by atoms with Gasteiger partial charge in [-0.1, -0.05) is 89.7 Å². The number of hydrogen-bond donors (Lipinski definition) is 2. The maximum Gasteiger partial charge on any atom is 0.323 e. The zero-order chi connectivity index (χ0) is 29.3. The standard InChI is InChI=1S/C34H49N3O3S.BrH/c1-4-5-6-7-8-9-10-11-12-13-14-15-22-40-33-21-20-31(23-32(33)28(3)38)36-34(39)35-30-18-16-29(17-19-30)25-37-24-27(2)41-26-37;/h16-21,23-24H,4-15,22,25-26H2,1-3H3,(H2,35,36,39);1H. The third kappa shape index (κ3) is 13.7. The van der Waals surface area contributed by atoms with Gasteiger partial charge in [-0.3, -0.25) is 4.79 Å². The van der Waals surface area contributed by atoms with Crippen LogP contribution in [0.25, 0.3) is 0 Å². The van der Waals surface area contributed by atoms with Crippen molar-refractivity contribution in [2.75, 3.05) is 23.1 Å². The minimum Gasteiger partial charge on any atom is -0.493 e. The number of nitrogens with one attached hydrogen (secondary N) is 2. The van der Waals surface area contributed by atoms with Crippen molar-refractivity contribution < 1.29 is 14.3 Å². The van der Waals surface area contributed by atoms with Gasteiger partial charge in [0, 0.05) is 24.1 Å². The number of halogens is 1. The number of ketones is 1. The molecule has 6 nitrogen and oxygen atoms in total. The number of anilines is 2. The molecule has 232 valence electrons. The highest BCUT2D eigenvalue weighted by Gasteiger charge is 2.13. The number of nitrogens with zero attached hydrogens (tertiary/aromatic N) is 1. The molecule has 42 heavy (non-hydrogen) atoms. The predicted molar refractivity (Wildman–Crippen MR) is 184 cm³/mol. The molecule has 0 saturated heterocycles. The number of carbonyl (C=O) groups excluding carboxylic acids is 2. The minimum atomic E-state index is -0.355. The molecule has 0 radical (unpaired) electrons. The molecule has 0 unspecified atom stereocenters. The SMILES string of the molecule is Br.CCCCCCCCCCCCCCOc1ccc(NC(=O)Nc2ccc(CN3C=C(C)SC3)cc2)cc1C(C)=O. The minimum absolute atomic E-state index is 0. The molecular formula is C34H50BrN3O3S. The Labute approximate surface area is 268 Å². The van der Waals surface area contributed by atoms with Crippen molar-refractivity contribution in [3.05, 3.63) is 64.7 Å². The highest BCUT2D eigenvalue weighted by atomic mass is 79.9. The van der Waals surface area contributed by atoms with Crippen molar-refractivity contribution in [1.29, 1.82) is 0 Å². The van der Waals surface area contributed by atoms with Crippen molar-refractivity contribution in [3.63, 3.8) is 0 Å². The fourth-order valence-electron chi connectivity index (χ4n) is 4.96. The third-order valence-electron chi connectivity index (χ3n) is 7.29. The second kappa shape index (κ2) is 20.5. The van der Waals surface area contributed by atoms with Gasteiger partial charge in [-0.2, -0.15) is 0 Å². The zero-order valence-corrected chi connectivity index (χ0v) is 28.2. The average Bonchev–Trinajstić information content (AvgIpc) is 3.37. The molecule has 3 rings (SSSR count). The first-order chi connectivity index (χ1) is 19.9. The summed E-state index contributed by atoms with van der Waals surface area (Å²) in [6.07, 6.45) is 17.7. The molecular weight excluding hydrogens is 610 g/mol. The second-order valence-electron chi connectivity index (χ2n) is 11.0. The molecule has 0 bridgehead atoms. The topological polar surface area (TPSA) is 70.7 Å². The van der Waals surface area contributed by atoms with Gasteiger partial charge in [-0.05, 0) is 61.1 Å². The van der Waals surface area contributed by atoms with E-state index < -0.39 is 0 Å². The summed E-state index contributed by atoms with van der Waals surface area (Å²) >= 11 is 1.84. The highest BCUT2D eigenvalue weighted by Crippen LogP contribution is 2.27. The number of urea groups is 1. The summed E-state index contributed by atoms with van der Waals surface area (Å²) in [5.74, 6) is 1.46. The Morgan fingerprint density at radius 2 is 1.40 bits per heavy atom. The normalized spacial score (nSPS) is 12.5. The second-order valence-corrected chi connectivity index (χ2v) is 12.2. The van der Waals surface area contributed by atoms with Gasteiger partial charge in [0.25, 0.3) is 0 Å². The Balaban J connectivity index is 0.00000616. The van der Waals surface area contributed by atoms with Crippen molar-refractivity contribution in [2.24, 2.45) is 0 Å². The quantitative estimate of drug-likeness (QED) is 0.116. The number of ether oxygens (including phenoxy) is 1. The van der Waals surface area contributed by atoms with Crippen molar-refractivity contribution >= 4 is 51.9 Å². The van der Waals surface area contributed by atoms with Crippen LogP contribution in [0.3, 0.4) is 0 Å². The summed E-state index contributed by atoms with van der Waals surface area (Å²) in [5.41, 5.74) is 2.93. The van der Waals surface area contributed by atoms with E-state index in [1.807, 2.05) is 36.0 Å². The third-order valence-corrected chi connectivity index (χ3v) is 8.31. The predicted octanol–water partition coefficient (Wildman–Crippen LogP) is 10.6. The van der Waals surface area contributed by atoms with E-state index in [4.69, 9.17) is 4.74 Å². The first-order valence-electron chi connectivity index (χ1n) is 15.4. The molecule has 8 heteroatoms. The van der Waals surface area contributed by atoms with Crippen molar-refractivity contribution in [1.82, 2.24) is 4.90 Å².